The molecule has 1 saturated carbocycles. The summed E-state index contributed by atoms with van der Waals surface area (Å²) in [6.07, 6.45) is 6.08. The molecule has 1 amide bonds. The van der Waals surface area contributed by atoms with E-state index < -0.39 is 11.9 Å². The number of carboxylic acids is 1. The van der Waals surface area contributed by atoms with Crippen molar-refractivity contribution >= 4 is 33.9 Å². The van der Waals surface area contributed by atoms with Crippen molar-refractivity contribution in [3.05, 3.63) is 94.1 Å². The molecule has 0 bridgehead atoms. The van der Waals surface area contributed by atoms with Gasteiger partial charge in [-0.3, -0.25) is 4.79 Å². The summed E-state index contributed by atoms with van der Waals surface area (Å²) in [5.41, 5.74) is 0.733. The number of nitrogens with one attached hydrogen (secondary N) is 1. The van der Waals surface area contributed by atoms with E-state index in [1.54, 1.807) is 48.5 Å². The molecule has 3 aromatic rings. The summed E-state index contributed by atoms with van der Waals surface area (Å²) in [7, 11) is 0. The lowest BCUT2D eigenvalue weighted by molar-refractivity contribution is -0.132. The molecule has 0 heterocycles. The molecule has 0 radical (unpaired) electrons. The number of amides is 1. The van der Waals surface area contributed by atoms with E-state index in [0.717, 1.165) is 17.3 Å². The maximum atomic E-state index is 12.6. The molecule has 0 unspecified atom stereocenters. The van der Waals surface area contributed by atoms with Gasteiger partial charge in [-0.25, -0.2) is 4.79 Å². The smallest absolute Gasteiger partial charge is 0.352 e. The van der Waals surface area contributed by atoms with E-state index in [1.807, 2.05) is 24.3 Å². The van der Waals surface area contributed by atoms with Crippen molar-refractivity contribution in [1.29, 1.82) is 0 Å². The highest BCUT2D eigenvalue weighted by molar-refractivity contribution is 9.10. The number of benzene rings is 3. The van der Waals surface area contributed by atoms with Crippen LogP contribution in [0.3, 0.4) is 0 Å². The third-order valence-corrected chi connectivity index (χ3v) is 6.11. The van der Waals surface area contributed by atoms with Gasteiger partial charge in [-0.2, -0.15) is 0 Å². The molecule has 0 spiro atoms. The molecular weight excluding hydrogens is 498 g/mol. The predicted octanol–water partition coefficient (Wildman–Crippen LogP) is 6.42. The van der Waals surface area contributed by atoms with Crippen molar-refractivity contribution in [3.63, 3.8) is 0 Å². The molecule has 7 heteroatoms. The molecule has 6 nitrogen and oxygen atoms in total. The highest BCUT2D eigenvalue weighted by Crippen LogP contribution is 2.29. The van der Waals surface area contributed by atoms with Gasteiger partial charge in [0.25, 0.3) is 5.91 Å². The number of hydrogen-bond donors (Lipinski definition) is 2. The highest BCUT2D eigenvalue weighted by Gasteiger charge is 2.17. The molecular formula is C27H24BrNO5. The van der Waals surface area contributed by atoms with Crippen LogP contribution in [0.15, 0.2) is 83.0 Å². The number of aliphatic carboxylic acids is 1. The maximum absolute atomic E-state index is 12.6. The summed E-state index contributed by atoms with van der Waals surface area (Å²) in [5, 5.41) is 12.1. The molecule has 3 aromatic carbocycles. The summed E-state index contributed by atoms with van der Waals surface area (Å²) in [5.74, 6) is 0.245. The van der Waals surface area contributed by atoms with Crippen LogP contribution >= 0.6 is 15.9 Å². The molecule has 1 fully saturated rings. The van der Waals surface area contributed by atoms with E-state index in [0.29, 0.717) is 28.4 Å². The van der Waals surface area contributed by atoms with Crippen LogP contribution in [0.1, 0.15) is 41.6 Å². The van der Waals surface area contributed by atoms with E-state index in [9.17, 15) is 14.7 Å². The Morgan fingerprint density at radius 2 is 1.56 bits per heavy atom. The van der Waals surface area contributed by atoms with Gasteiger partial charge in [0.2, 0.25) is 0 Å². The van der Waals surface area contributed by atoms with E-state index in [1.165, 1.54) is 18.9 Å². The average Bonchev–Trinajstić information content (AvgIpc) is 3.35. The minimum Gasteiger partial charge on any atom is -0.490 e. The van der Waals surface area contributed by atoms with Gasteiger partial charge in [0, 0.05) is 5.56 Å². The van der Waals surface area contributed by atoms with Crippen molar-refractivity contribution in [1.82, 2.24) is 5.32 Å². The monoisotopic (exact) mass is 521 g/mol. The zero-order valence-corrected chi connectivity index (χ0v) is 20.0. The highest BCUT2D eigenvalue weighted by atomic mass is 79.9. The zero-order chi connectivity index (χ0) is 23.9. The largest absolute Gasteiger partial charge is 0.490 e. The number of hydrogen-bond acceptors (Lipinski definition) is 4. The molecule has 0 saturated heterocycles. The first kappa shape index (κ1) is 23.6. The standard InChI is InChI=1S/C27H24BrNO5/c28-23-7-3-4-8-25(23)34-22-13-9-18(10-14-22)17-24(27(31)32)29-26(30)19-11-15-21(16-12-19)33-20-5-1-2-6-20/h3-4,7-17,20H,1-2,5-6H2,(H,29,30)(H,31,32)/b24-17+. The lowest BCUT2D eigenvalue weighted by Gasteiger charge is -2.13. The van der Waals surface area contributed by atoms with Crippen molar-refractivity contribution in [3.8, 4) is 17.2 Å². The third-order valence-electron chi connectivity index (χ3n) is 5.46. The molecule has 4 rings (SSSR count). The number of para-hydroxylation sites is 1. The summed E-state index contributed by atoms with van der Waals surface area (Å²) >= 11 is 3.44. The third kappa shape index (κ3) is 6.26. The molecule has 34 heavy (non-hydrogen) atoms. The number of ether oxygens (including phenoxy) is 2. The number of carbonyl (C=O) groups excluding carboxylic acids is 1. The Hall–Kier alpha value is -3.58. The van der Waals surface area contributed by atoms with E-state index in [2.05, 4.69) is 21.2 Å². The second kappa shape index (κ2) is 11.0. The lowest BCUT2D eigenvalue weighted by Crippen LogP contribution is -2.27. The van der Waals surface area contributed by atoms with E-state index in [4.69, 9.17) is 9.47 Å². The first-order chi connectivity index (χ1) is 16.5. The van der Waals surface area contributed by atoms with Gasteiger partial charge in [0.05, 0.1) is 10.6 Å². The van der Waals surface area contributed by atoms with Crippen LogP contribution in [-0.2, 0) is 4.79 Å². The minimum atomic E-state index is -1.23. The van der Waals surface area contributed by atoms with Crippen molar-refractivity contribution in [2.75, 3.05) is 0 Å². The van der Waals surface area contributed by atoms with Crippen molar-refractivity contribution < 1.29 is 24.2 Å². The number of carbonyl (C=O) groups is 2. The van der Waals surface area contributed by atoms with Crippen LogP contribution in [0.5, 0.6) is 17.2 Å². The number of halogens is 1. The van der Waals surface area contributed by atoms with Crippen LogP contribution in [-0.4, -0.2) is 23.1 Å². The summed E-state index contributed by atoms with van der Waals surface area (Å²) in [6, 6.07) is 21.1. The molecule has 2 N–H and O–H groups in total. The Kier molecular flexibility index (Phi) is 7.65. The van der Waals surface area contributed by atoms with Crippen LogP contribution < -0.4 is 14.8 Å². The fourth-order valence-electron chi connectivity index (χ4n) is 3.68. The summed E-state index contributed by atoms with van der Waals surface area (Å²) in [6.45, 7) is 0. The summed E-state index contributed by atoms with van der Waals surface area (Å²) < 4.78 is 12.6. The maximum Gasteiger partial charge on any atom is 0.352 e. The normalized spacial score (nSPS) is 14.0. The van der Waals surface area contributed by atoms with Crippen LogP contribution in [0.4, 0.5) is 0 Å². The second-order valence-electron chi connectivity index (χ2n) is 7.97. The number of carboxylic acid groups (broad SMARTS) is 1. The Balaban J connectivity index is 1.41. The average molecular weight is 522 g/mol. The van der Waals surface area contributed by atoms with Gasteiger partial charge in [0.1, 0.15) is 22.9 Å². The zero-order valence-electron chi connectivity index (χ0n) is 18.4. The van der Waals surface area contributed by atoms with Crippen molar-refractivity contribution in [2.45, 2.75) is 31.8 Å². The fraction of sp³-hybridized carbons (Fsp3) is 0.185. The van der Waals surface area contributed by atoms with Crippen molar-refractivity contribution in [2.24, 2.45) is 0 Å². The quantitative estimate of drug-likeness (QED) is 0.334. The van der Waals surface area contributed by atoms with Gasteiger partial charge in [0.15, 0.2) is 0 Å². The lowest BCUT2D eigenvalue weighted by atomic mass is 10.1. The SMILES string of the molecule is O=C(O)/C(=C\c1ccc(Oc2ccccc2Br)cc1)NC(=O)c1ccc(OC2CCCC2)cc1. The Morgan fingerprint density at radius 1 is 0.912 bits per heavy atom. The van der Waals surface area contributed by atoms with Gasteiger partial charge in [-0.05, 0) is 102 Å². The fourth-order valence-corrected chi connectivity index (χ4v) is 4.05. The summed E-state index contributed by atoms with van der Waals surface area (Å²) in [4.78, 5) is 24.3. The molecule has 1 aliphatic rings. The molecule has 1 aliphatic carbocycles. The first-order valence-electron chi connectivity index (χ1n) is 11.0. The van der Waals surface area contributed by atoms with Crippen LogP contribution in [0, 0.1) is 0 Å². The van der Waals surface area contributed by atoms with E-state index in [-0.39, 0.29) is 11.8 Å². The van der Waals surface area contributed by atoms with Gasteiger partial charge < -0.3 is 19.9 Å². The molecule has 0 aromatic heterocycles. The topological polar surface area (TPSA) is 84.9 Å². The van der Waals surface area contributed by atoms with E-state index >= 15 is 0 Å². The number of rotatable bonds is 8. The second-order valence-corrected chi connectivity index (χ2v) is 8.82. The predicted molar refractivity (Wildman–Crippen MR) is 133 cm³/mol. The molecule has 0 atom stereocenters. The van der Waals surface area contributed by atoms with Gasteiger partial charge in [-0.15, -0.1) is 0 Å². The van der Waals surface area contributed by atoms with Gasteiger partial charge >= 0.3 is 5.97 Å². The first-order valence-corrected chi connectivity index (χ1v) is 11.8. The Bertz CT molecular complexity index is 1180. The Morgan fingerprint density at radius 3 is 2.21 bits per heavy atom. The Labute approximate surface area is 206 Å². The molecule has 174 valence electrons. The molecule has 0 aliphatic heterocycles. The van der Waals surface area contributed by atoms with Crippen LogP contribution in [0.2, 0.25) is 0 Å². The minimum absolute atomic E-state index is 0.226. The van der Waals surface area contributed by atoms with Crippen LogP contribution in [0.25, 0.3) is 6.08 Å². The van der Waals surface area contributed by atoms with Gasteiger partial charge in [-0.1, -0.05) is 24.3 Å².